The van der Waals surface area contributed by atoms with Gasteiger partial charge in [0.05, 0.1) is 6.10 Å². The first-order valence-electron chi connectivity index (χ1n) is 6.35. The quantitative estimate of drug-likeness (QED) is 0.632. The zero-order valence-corrected chi connectivity index (χ0v) is 10.2. The molecule has 1 rings (SSSR count). The molecule has 90 valence electrons. The van der Waals surface area contributed by atoms with Crippen molar-refractivity contribution in [3.8, 4) is 0 Å². The molecule has 0 aromatic carbocycles. The van der Waals surface area contributed by atoms with Crippen LogP contribution in [0, 0.1) is 5.92 Å². The summed E-state index contributed by atoms with van der Waals surface area (Å²) in [6, 6.07) is 0.360. The number of rotatable bonds is 7. The van der Waals surface area contributed by atoms with Crippen molar-refractivity contribution in [1.82, 2.24) is 5.32 Å². The van der Waals surface area contributed by atoms with Crippen LogP contribution in [0.3, 0.4) is 0 Å². The molecule has 0 radical (unpaired) electrons. The van der Waals surface area contributed by atoms with E-state index < -0.39 is 0 Å². The van der Waals surface area contributed by atoms with Crippen LogP contribution >= 0.6 is 0 Å². The Kier molecular flexibility index (Phi) is 6.22. The fourth-order valence-corrected chi connectivity index (χ4v) is 2.16. The number of hydrogen-bond acceptors (Lipinski definition) is 3. The first-order chi connectivity index (χ1) is 7.27. The predicted octanol–water partition coefficient (Wildman–Crippen LogP) is 1.52. The van der Waals surface area contributed by atoms with Crippen LogP contribution in [0.1, 0.15) is 39.5 Å². The van der Waals surface area contributed by atoms with E-state index in [1.54, 1.807) is 0 Å². The Labute approximate surface area is 93.8 Å². The van der Waals surface area contributed by atoms with Crippen molar-refractivity contribution < 1.29 is 4.74 Å². The zero-order valence-electron chi connectivity index (χ0n) is 10.2. The van der Waals surface area contributed by atoms with Crippen LogP contribution in [0.5, 0.6) is 0 Å². The standard InChI is InChI=1S/C12H26N2O/c1-3-11(13)5-7-14-9-10-6-8-15-12(10)4-2/h10-12,14H,3-9,13H2,1-2H3. The highest BCUT2D eigenvalue weighted by Gasteiger charge is 2.25. The van der Waals surface area contributed by atoms with Crippen molar-refractivity contribution in [3.05, 3.63) is 0 Å². The highest BCUT2D eigenvalue weighted by Crippen LogP contribution is 2.22. The van der Waals surface area contributed by atoms with Gasteiger partial charge in [0.25, 0.3) is 0 Å². The molecule has 0 aromatic heterocycles. The van der Waals surface area contributed by atoms with E-state index >= 15 is 0 Å². The van der Waals surface area contributed by atoms with E-state index in [0.29, 0.717) is 18.1 Å². The summed E-state index contributed by atoms with van der Waals surface area (Å²) in [6.45, 7) is 7.43. The maximum absolute atomic E-state index is 5.86. The second kappa shape index (κ2) is 7.20. The summed E-state index contributed by atoms with van der Waals surface area (Å²) in [5.41, 5.74) is 5.86. The van der Waals surface area contributed by atoms with Crippen molar-refractivity contribution in [1.29, 1.82) is 0 Å². The van der Waals surface area contributed by atoms with Crippen molar-refractivity contribution in [2.45, 2.75) is 51.7 Å². The second-order valence-corrected chi connectivity index (χ2v) is 4.53. The minimum atomic E-state index is 0.360. The van der Waals surface area contributed by atoms with Gasteiger partial charge in [0, 0.05) is 19.2 Å². The molecule has 1 saturated heterocycles. The Bertz CT molecular complexity index is 164. The molecule has 3 nitrogen and oxygen atoms in total. The van der Waals surface area contributed by atoms with E-state index in [9.17, 15) is 0 Å². The van der Waals surface area contributed by atoms with Crippen LogP contribution < -0.4 is 11.1 Å². The maximum atomic E-state index is 5.86. The molecule has 15 heavy (non-hydrogen) atoms. The van der Waals surface area contributed by atoms with Crippen molar-refractivity contribution in [3.63, 3.8) is 0 Å². The summed E-state index contributed by atoms with van der Waals surface area (Å²) < 4.78 is 5.65. The average Bonchev–Trinajstić information content (AvgIpc) is 2.71. The Hall–Kier alpha value is -0.120. The molecule has 3 unspecified atom stereocenters. The minimum Gasteiger partial charge on any atom is -0.378 e. The first kappa shape index (κ1) is 12.9. The summed E-state index contributed by atoms with van der Waals surface area (Å²) in [6.07, 6.45) is 5.00. The van der Waals surface area contributed by atoms with E-state index in [4.69, 9.17) is 10.5 Å². The first-order valence-corrected chi connectivity index (χ1v) is 6.35. The van der Waals surface area contributed by atoms with Crippen molar-refractivity contribution in [2.24, 2.45) is 11.7 Å². The van der Waals surface area contributed by atoms with Gasteiger partial charge in [-0.3, -0.25) is 0 Å². The largest absolute Gasteiger partial charge is 0.378 e. The van der Waals surface area contributed by atoms with Crippen LogP contribution in [0.4, 0.5) is 0 Å². The van der Waals surface area contributed by atoms with E-state index in [1.807, 2.05) is 0 Å². The van der Waals surface area contributed by atoms with Crippen LogP contribution in [0.25, 0.3) is 0 Å². The number of nitrogens with one attached hydrogen (secondary N) is 1. The van der Waals surface area contributed by atoms with Gasteiger partial charge in [-0.1, -0.05) is 13.8 Å². The molecule has 0 aromatic rings. The van der Waals surface area contributed by atoms with Gasteiger partial charge in [-0.2, -0.15) is 0 Å². The van der Waals surface area contributed by atoms with Crippen molar-refractivity contribution >= 4 is 0 Å². The van der Waals surface area contributed by atoms with Gasteiger partial charge < -0.3 is 15.8 Å². The lowest BCUT2D eigenvalue weighted by atomic mass is 9.99. The van der Waals surface area contributed by atoms with E-state index in [0.717, 1.165) is 39.0 Å². The average molecular weight is 214 g/mol. The molecule has 0 amide bonds. The molecule has 3 atom stereocenters. The van der Waals surface area contributed by atoms with E-state index in [1.165, 1.54) is 6.42 Å². The maximum Gasteiger partial charge on any atom is 0.0613 e. The summed E-state index contributed by atoms with van der Waals surface area (Å²) in [7, 11) is 0. The summed E-state index contributed by atoms with van der Waals surface area (Å²) in [5, 5.41) is 3.50. The van der Waals surface area contributed by atoms with Crippen molar-refractivity contribution in [2.75, 3.05) is 19.7 Å². The molecule has 1 aliphatic heterocycles. The van der Waals surface area contributed by atoms with Gasteiger partial charge in [0.1, 0.15) is 0 Å². The highest BCUT2D eigenvalue weighted by atomic mass is 16.5. The zero-order chi connectivity index (χ0) is 11.1. The Balaban J connectivity index is 2.04. The third-order valence-corrected chi connectivity index (χ3v) is 3.37. The third-order valence-electron chi connectivity index (χ3n) is 3.37. The van der Waals surface area contributed by atoms with Gasteiger partial charge in [-0.15, -0.1) is 0 Å². The topological polar surface area (TPSA) is 47.3 Å². The molecule has 1 fully saturated rings. The molecule has 3 heteroatoms. The SMILES string of the molecule is CCC(N)CCNCC1CCOC1CC. The fraction of sp³-hybridized carbons (Fsp3) is 1.00. The third kappa shape index (κ3) is 4.49. The molecule has 0 saturated carbocycles. The number of hydrogen-bond donors (Lipinski definition) is 2. The molecule has 0 aliphatic carbocycles. The molecule has 1 aliphatic rings. The number of ether oxygens (including phenoxy) is 1. The molecular weight excluding hydrogens is 188 g/mol. The van der Waals surface area contributed by atoms with Gasteiger partial charge >= 0.3 is 0 Å². The fourth-order valence-electron chi connectivity index (χ4n) is 2.16. The smallest absolute Gasteiger partial charge is 0.0613 e. The van der Waals surface area contributed by atoms with Gasteiger partial charge in [-0.25, -0.2) is 0 Å². The van der Waals surface area contributed by atoms with Gasteiger partial charge in [0.2, 0.25) is 0 Å². The Morgan fingerprint density at radius 1 is 1.47 bits per heavy atom. The predicted molar refractivity (Wildman–Crippen MR) is 63.9 cm³/mol. The van der Waals surface area contributed by atoms with E-state index in [2.05, 4.69) is 19.2 Å². The summed E-state index contributed by atoms with van der Waals surface area (Å²) >= 11 is 0. The molecule has 0 bridgehead atoms. The second-order valence-electron chi connectivity index (χ2n) is 4.53. The molecule has 3 N–H and O–H groups in total. The van der Waals surface area contributed by atoms with E-state index in [-0.39, 0.29) is 0 Å². The highest BCUT2D eigenvalue weighted by molar-refractivity contribution is 4.77. The molecular formula is C12H26N2O. The monoisotopic (exact) mass is 214 g/mol. The Morgan fingerprint density at radius 2 is 2.27 bits per heavy atom. The van der Waals surface area contributed by atoms with Crippen LogP contribution in [-0.2, 0) is 4.74 Å². The lowest BCUT2D eigenvalue weighted by Crippen LogP contribution is -2.31. The Morgan fingerprint density at radius 3 is 2.93 bits per heavy atom. The number of nitrogens with two attached hydrogens (primary N) is 1. The normalized spacial score (nSPS) is 28.2. The molecule has 0 spiro atoms. The van der Waals surface area contributed by atoms with Crippen LogP contribution in [0.2, 0.25) is 0 Å². The lowest BCUT2D eigenvalue weighted by molar-refractivity contribution is 0.0873. The van der Waals surface area contributed by atoms with Crippen LogP contribution in [-0.4, -0.2) is 31.8 Å². The minimum absolute atomic E-state index is 0.360. The summed E-state index contributed by atoms with van der Waals surface area (Å²) in [4.78, 5) is 0. The van der Waals surface area contributed by atoms with Gasteiger partial charge in [0.15, 0.2) is 0 Å². The molecule has 1 heterocycles. The van der Waals surface area contributed by atoms with Gasteiger partial charge in [-0.05, 0) is 38.1 Å². The van der Waals surface area contributed by atoms with Crippen LogP contribution in [0.15, 0.2) is 0 Å². The lowest BCUT2D eigenvalue weighted by Gasteiger charge is -2.17. The summed E-state index contributed by atoms with van der Waals surface area (Å²) in [5.74, 6) is 0.716.